The maximum atomic E-state index is 10.9. The quantitative estimate of drug-likeness (QED) is 0.0207. The SMILES string of the molecule is CCN(CCOc1cccc(C=NCCN=Cc2cccc(OCCN(CC)c3ccc(/C=C/c4ccc([N+](=O)[O-])cc4)cc3)c2O)c1O)c1ccc(/C=C/c2ccc([N+](=O)[O-])cc2)cc1. The molecule has 0 aliphatic heterocycles. The van der Waals surface area contributed by atoms with E-state index in [9.17, 15) is 30.4 Å². The van der Waals surface area contributed by atoms with E-state index in [2.05, 4.69) is 33.6 Å². The van der Waals surface area contributed by atoms with Crippen molar-refractivity contribution in [2.75, 3.05) is 62.3 Å². The number of hydrogen-bond acceptors (Lipinski definition) is 12. The lowest BCUT2D eigenvalue weighted by molar-refractivity contribution is -0.385. The number of nitrogens with zero attached hydrogens (tertiary/aromatic N) is 6. The number of anilines is 2. The summed E-state index contributed by atoms with van der Waals surface area (Å²) in [5.41, 5.74) is 6.97. The number of para-hydroxylation sites is 2. The fourth-order valence-corrected chi connectivity index (χ4v) is 6.82. The van der Waals surface area contributed by atoms with E-state index < -0.39 is 9.85 Å². The van der Waals surface area contributed by atoms with E-state index in [1.807, 2.05) is 72.8 Å². The highest BCUT2D eigenvalue weighted by molar-refractivity contribution is 5.85. The van der Waals surface area contributed by atoms with Crippen LogP contribution in [0.25, 0.3) is 24.3 Å². The van der Waals surface area contributed by atoms with Crippen molar-refractivity contribution in [3.63, 3.8) is 0 Å². The van der Waals surface area contributed by atoms with Crippen LogP contribution in [0.4, 0.5) is 22.7 Å². The predicted octanol–water partition coefficient (Wildman–Crippen LogP) is 10.6. The number of hydrogen-bond donors (Lipinski definition) is 2. The molecule has 6 aromatic rings. The molecule has 0 radical (unpaired) electrons. The van der Waals surface area contributed by atoms with Crippen LogP contribution in [0.1, 0.15) is 47.2 Å². The number of aliphatic imine (C=N–C) groups is 2. The van der Waals surface area contributed by atoms with Gasteiger partial charge in [0.25, 0.3) is 11.4 Å². The van der Waals surface area contributed by atoms with Crippen LogP contribution in [0, 0.1) is 20.2 Å². The average molecular weight is 889 g/mol. The van der Waals surface area contributed by atoms with Crippen molar-refractivity contribution in [2.45, 2.75) is 13.8 Å². The first-order valence-corrected chi connectivity index (χ1v) is 21.6. The van der Waals surface area contributed by atoms with Gasteiger partial charge >= 0.3 is 0 Å². The minimum absolute atomic E-state index is 0.00450. The summed E-state index contributed by atoms with van der Waals surface area (Å²) < 4.78 is 12.0. The molecule has 338 valence electrons. The van der Waals surface area contributed by atoms with Crippen LogP contribution < -0.4 is 19.3 Å². The second-order valence-electron chi connectivity index (χ2n) is 14.9. The highest BCUT2D eigenvalue weighted by Crippen LogP contribution is 2.30. The topological polar surface area (TPSA) is 176 Å². The molecule has 0 saturated carbocycles. The molecular formula is C52H52N6O8. The van der Waals surface area contributed by atoms with Crippen LogP contribution in [0.3, 0.4) is 0 Å². The van der Waals surface area contributed by atoms with Gasteiger partial charge in [-0.1, -0.05) is 60.7 Å². The number of phenolic OH excluding ortho intramolecular Hbond substituents is 2. The van der Waals surface area contributed by atoms with Crippen molar-refractivity contribution < 1.29 is 29.5 Å². The van der Waals surface area contributed by atoms with Crippen molar-refractivity contribution in [3.05, 3.63) is 187 Å². The third-order valence-electron chi connectivity index (χ3n) is 10.5. The Balaban J connectivity index is 0.921. The zero-order chi connectivity index (χ0) is 46.7. The first-order chi connectivity index (χ1) is 32.1. The van der Waals surface area contributed by atoms with Gasteiger partial charge in [-0.25, -0.2) is 0 Å². The zero-order valence-electron chi connectivity index (χ0n) is 36.8. The lowest BCUT2D eigenvalue weighted by atomic mass is 10.1. The van der Waals surface area contributed by atoms with Gasteiger partial charge in [-0.15, -0.1) is 0 Å². The molecule has 6 rings (SSSR count). The number of likely N-dealkylation sites (N-methyl/N-ethyl adjacent to an activating group) is 2. The first-order valence-electron chi connectivity index (χ1n) is 21.6. The van der Waals surface area contributed by atoms with Crippen LogP contribution in [0.15, 0.2) is 143 Å². The molecule has 0 unspecified atom stereocenters. The fraction of sp³-hybridized carbons (Fsp3) is 0.192. The molecule has 0 amide bonds. The highest BCUT2D eigenvalue weighted by atomic mass is 16.6. The Labute approximate surface area is 384 Å². The Morgan fingerprint density at radius 3 is 1.17 bits per heavy atom. The summed E-state index contributed by atoms with van der Waals surface area (Å²) in [6, 6.07) is 39.6. The van der Waals surface area contributed by atoms with Gasteiger partial charge in [0.05, 0.1) is 36.0 Å². The Kier molecular flexibility index (Phi) is 17.2. The van der Waals surface area contributed by atoms with E-state index in [-0.39, 0.29) is 22.9 Å². The van der Waals surface area contributed by atoms with Crippen LogP contribution >= 0.6 is 0 Å². The van der Waals surface area contributed by atoms with Gasteiger partial charge in [0.2, 0.25) is 0 Å². The molecule has 14 heteroatoms. The number of non-ortho nitro benzene ring substituents is 2. The maximum Gasteiger partial charge on any atom is 0.269 e. The van der Waals surface area contributed by atoms with Crippen molar-refractivity contribution in [1.29, 1.82) is 0 Å². The molecular weight excluding hydrogens is 837 g/mol. The molecule has 0 aliphatic carbocycles. The molecule has 0 fully saturated rings. The average Bonchev–Trinajstić information content (AvgIpc) is 3.34. The second-order valence-corrected chi connectivity index (χ2v) is 14.9. The van der Waals surface area contributed by atoms with Gasteiger partial charge in [-0.05, 0) is 109 Å². The zero-order valence-corrected chi connectivity index (χ0v) is 36.8. The molecule has 0 aliphatic rings. The van der Waals surface area contributed by atoms with Crippen LogP contribution in [0.5, 0.6) is 23.0 Å². The number of ether oxygens (including phenoxy) is 2. The first kappa shape index (κ1) is 47.2. The Hall–Kier alpha value is -8.26. The molecule has 0 spiro atoms. The fourth-order valence-electron chi connectivity index (χ4n) is 6.82. The lowest BCUT2D eigenvalue weighted by Crippen LogP contribution is -2.28. The van der Waals surface area contributed by atoms with Crippen molar-refractivity contribution in [3.8, 4) is 23.0 Å². The number of phenols is 2. The number of nitro benzene ring substituents is 2. The van der Waals surface area contributed by atoms with E-state index in [0.29, 0.717) is 62.0 Å². The van der Waals surface area contributed by atoms with Gasteiger partial charge in [0.15, 0.2) is 23.0 Å². The number of benzene rings is 6. The minimum Gasteiger partial charge on any atom is -0.504 e. The number of nitro groups is 2. The largest absolute Gasteiger partial charge is 0.504 e. The number of aromatic hydroxyl groups is 2. The normalized spacial score (nSPS) is 11.5. The molecule has 0 saturated heterocycles. The molecule has 0 bridgehead atoms. The monoisotopic (exact) mass is 888 g/mol. The van der Waals surface area contributed by atoms with Crippen molar-refractivity contribution in [1.82, 2.24) is 0 Å². The molecule has 14 nitrogen and oxygen atoms in total. The van der Waals surface area contributed by atoms with Gasteiger partial charge in [-0.2, -0.15) is 0 Å². The standard InChI is InChI=1S/C52H52N6O8/c1-3-55(45-23-15-39(16-24-45)11-13-41-19-27-47(28-20-41)57(61)62)33-35-65-49-9-5-7-43(51(49)59)37-53-31-32-54-38-44-8-6-10-50(52(44)60)66-36-34-56(4-2)46-25-17-40(18-26-46)12-14-42-21-29-48(30-22-42)58(63)64/h5-30,37-38,59-60H,3-4,31-36H2,1-2H3/b13-11+,14-12+,53-37?,54-38?. The van der Waals surface area contributed by atoms with Crippen LogP contribution in [-0.4, -0.2) is 85.0 Å². The van der Waals surface area contributed by atoms with E-state index in [4.69, 9.17) is 9.47 Å². The maximum absolute atomic E-state index is 10.9. The van der Waals surface area contributed by atoms with E-state index in [1.165, 1.54) is 24.3 Å². The molecule has 6 aromatic carbocycles. The van der Waals surface area contributed by atoms with Crippen LogP contribution in [0.2, 0.25) is 0 Å². The smallest absolute Gasteiger partial charge is 0.269 e. The highest BCUT2D eigenvalue weighted by Gasteiger charge is 2.12. The summed E-state index contributed by atoms with van der Waals surface area (Å²) >= 11 is 0. The summed E-state index contributed by atoms with van der Waals surface area (Å²) in [5, 5.41) is 43.7. The minimum atomic E-state index is -0.413. The Morgan fingerprint density at radius 2 is 0.848 bits per heavy atom. The molecule has 0 heterocycles. The van der Waals surface area contributed by atoms with Gasteiger partial charge in [0.1, 0.15) is 13.2 Å². The van der Waals surface area contributed by atoms with E-state index in [1.54, 1.807) is 73.1 Å². The Morgan fingerprint density at radius 1 is 0.515 bits per heavy atom. The molecule has 0 atom stereocenters. The summed E-state index contributed by atoms with van der Waals surface area (Å²) in [7, 11) is 0. The van der Waals surface area contributed by atoms with E-state index in [0.717, 1.165) is 46.7 Å². The molecule has 2 N–H and O–H groups in total. The van der Waals surface area contributed by atoms with Gasteiger partial charge < -0.3 is 29.5 Å². The second kappa shape index (κ2) is 24.0. The van der Waals surface area contributed by atoms with Crippen molar-refractivity contribution in [2.24, 2.45) is 9.98 Å². The van der Waals surface area contributed by atoms with Gasteiger partial charge in [0, 0.05) is 72.3 Å². The molecule has 0 aromatic heterocycles. The van der Waals surface area contributed by atoms with Crippen LogP contribution in [-0.2, 0) is 0 Å². The lowest BCUT2D eigenvalue weighted by Gasteiger charge is -2.23. The third kappa shape index (κ3) is 13.6. The summed E-state index contributed by atoms with van der Waals surface area (Å²) in [4.78, 5) is 34.2. The summed E-state index contributed by atoms with van der Waals surface area (Å²) in [6.45, 7) is 8.25. The third-order valence-corrected chi connectivity index (χ3v) is 10.5. The Bertz CT molecular complexity index is 2460. The number of rotatable bonds is 23. The predicted molar refractivity (Wildman–Crippen MR) is 265 cm³/mol. The van der Waals surface area contributed by atoms with Gasteiger partial charge in [-0.3, -0.25) is 30.2 Å². The summed E-state index contributed by atoms with van der Waals surface area (Å²) in [6.07, 6.45) is 10.9. The summed E-state index contributed by atoms with van der Waals surface area (Å²) in [5.74, 6) is 0.734. The van der Waals surface area contributed by atoms with Crippen molar-refractivity contribution >= 4 is 59.5 Å². The van der Waals surface area contributed by atoms with E-state index >= 15 is 0 Å². The molecule has 66 heavy (non-hydrogen) atoms.